The van der Waals surface area contributed by atoms with E-state index in [1.165, 1.54) is 27.0 Å². The van der Waals surface area contributed by atoms with Gasteiger partial charge in [-0.1, -0.05) is 30.3 Å². The molecule has 0 amide bonds. The van der Waals surface area contributed by atoms with Crippen LogP contribution in [-0.4, -0.2) is 22.6 Å². The van der Waals surface area contributed by atoms with E-state index in [4.69, 9.17) is 16.3 Å². The summed E-state index contributed by atoms with van der Waals surface area (Å²) in [5.74, 6) is 0.372. The van der Waals surface area contributed by atoms with E-state index in [-0.39, 0.29) is 24.3 Å². The van der Waals surface area contributed by atoms with E-state index < -0.39 is 5.66 Å². The number of fused-ring (bicyclic) bond motifs is 1. The Balaban J connectivity index is 0.00000225. The Morgan fingerprint density at radius 1 is 1.16 bits per heavy atom. The Morgan fingerprint density at radius 3 is 2.52 bits per heavy atom. The van der Waals surface area contributed by atoms with Crippen LogP contribution in [0.25, 0.3) is 10.8 Å². The van der Waals surface area contributed by atoms with Crippen molar-refractivity contribution in [3.63, 3.8) is 0 Å². The molecule has 0 saturated heterocycles. The average molecular weight is 362 g/mol. The van der Waals surface area contributed by atoms with Gasteiger partial charge in [0.25, 0.3) is 0 Å². The van der Waals surface area contributed by atoms with E-state index in [0.29, 0.717) is 6.61 Å². The van der Waals surface area contributed by atoms with Gasteiger partial charge in [-0.3, -0.25) is 4.84 Å². The molecule has 0 bridgehead atoms. The number of aliphatic imine (C=N–C) groups is 2. The van der Waals surface area contributed by atoms with Crippen molar-refractivity contribution in [2.75, 3.05) is 0 Å². The van der Waals surface area contributed by atoms with Gasteiger partial charge < -0.3 is 11.5 Å². The number of halogens is 1. The second kappa shape index (κ2) is 6.90. The number of hydrogen-bond acceptors (Lipinski definition) is 6. The summed E-state index contributed by atoms with van der Waals surface area (Å²) in [6, 6.07) is 10.5. The highest BCUT2D eigenvalue weighted by atomic mass is 35.5. The van der Waals surface area contributed by atoms with Gasteiger partial charge in [-0.05, 0) is 55.2 Å². The summed E-state index contributed by atoms with van der Waals surface area (Å²) in [7, 11) is 0. The van der Waals surface area contributed by atoms with Crippen LogP contribution in [0, 0.1) is 13.8 Å². The molecule has 0 saturated carbocycles. The van der Waals surface area contributed by atoms with Gasteiger partial charge in [-0.2, -0.15) is 10.1 Å². The lowest BCUT2D eigenvalue weighted by Crippen LogP contribution is -2.53. The first-order valence-corrected chi connectivity index (χ1v) is 7.90. The van der Waals surface area contributed by atoms with E-state index >= 15 is 0 Å². The fraction of sp³-hybridized carbons (Fsp3) is 0.333. The molecule has 0 unspecified atom stereocenters. The van der Waals surface area contributed by atoms with Crippen molar-refractivity contribution < 1.29 is 4.84 Å². The Kier molecular flexibility index (Phi) is 5.25. The van der Waals surface area contributed by atoms with Crippen molar-refractivity contribution in [2.45, 2.75) is 40.0 Å². The molecule has 1 heterocycles. The minimum atomic E-state index is -0.705. The number of aryl methyl sites for hydroxylation is 1. The number of rotatable bonds is 3. The SMILES string of the molecule is Cc1cc2ccccc2c(CON2C(N)=NC(N)=NC2(C)C)c1C.Cl. The molecule has 0 fully saturated rings. The minimum absolute atomic E-state index is 0. The molecule has 1 aliphatic heterocycles. The zero-order valence-electron chi connectivity index (χ0n) is 14.9. The number of nitrogens with two attached hydrogens (primary N) is 2. The molecule has 0 aromatic heterocycles. The van der Waals surface area contributed by atoms with Crippen molar-refractivity contribution in [1.29, 1.82) is 0 Å². The van der Waals surface area contributed by atoms with Gasteiger partial charge in [-0.15, -0.1) is 12.4 Å². The Hall–Kier alpha value is -2.31. The molecule has 134 valence electrons. The molecule has 3 rings (SSSR count). The van der Waals surface area contributed by atoms with E-state index in [1.54, 1.807) is 0 Å². The van der Waals surface area contributed by atoms with E-state index in [0.717, 1.165) is 5.56 Å². The predicted molar refractivity (Wildman–Crippen MR) is 105 cm³/mol. The fourth-order valence-corrected chi connectivity index (χ4v) is 3.01. The molecular weight excluding hydrogens is 338 g/mol. The Bertz CT molecular complexity index is 860. The van der Waals surface area contributed by atoms with Crippen LogP contribution in [0.1, 0.15) is 30.5 Å². The molecule has 0 radical (unpaired) electrons. The highest BCUT2D eigenvalue weighted by molar-refractivity contribution is 5.95. The quantitative estimate of drug-likeness (QED) is 0.879. The van der Waals surface area contributed by atoms with Crippen LogP contribution < -0.4 is 11.5 Å². The highest BCUT2D eigenvalue weighted by Gasteiger charge is 2.33. The summed E-state index contributed by atoms with van der Waals surface area (Å²) in [5, 5.41) is 3.88. The topological polar surface area (TPSA) is 89.2 Å². The van der Waals surface area contributed by atoms with Crippen LogP contribution in [-0.2, 0) is 11.4 Å². The van der Waals surface area contributed by atoms with Crippen LogP contribution in [0.5, 0.6) is 0 Å². The van der Waals surface area contributed by atoms with Gasteiger partial charge in [0.2, 0.25) is 11.9 Å². The van der Waals surface area contributed by atoms with Gasteiger partial charge in [0.15, 0.2) is 5.66 Å². The Labute approximate surface area is 153 Å². The molecule has 0 spiro atoms. The first-order chi connectivity index (χ1) is 11.3. The lowest BCUT2D eigenvalue weighted by atomic mass is 9.96. The molecule has 2 aromatic carbocycles. The van der Waals surface area contributed by atoms with Gasteiger partial charge >= 0.3 is 0 Å². The van der Waals surface area contributed by atoms with E-state index in [1.807, 2.05) is 26.0 Å². The number of hydrogen-bond donors (Lipinski definition) is 2. The zero-order valence-corrected chi connectivity index (χ0v) is 15.7. The van der Waals surface area contributed by atoms with Crippen LogP contribution in [0.2, 0.25) is 0 Å². The third kappa shape index (κ3) is 3.55. The standard InChI is InChI=1S/C18H23N5O.ClH/c1-11-9-13-7-5-6-8-14(13)15(12(11)2)10-24-23-17(20)21-16(19)22-18(23,3)4;/h5-9H,10H2,1-4H3,(H4,19,20,21,22);1H. The number of nitrogens with zero attached hydrogens (tertiary/aromatic N) is 3. The van der Waals surface area contributed by atoms with Crippen LogP contribution in [0.15, 0.2) is 40.3 Å². The zero-order chi connectivity index (χ0) is 17.5. The third-order valence-corrected chi connectivity index (χ3v) is 4.36. The molecular formula is C18H24ClN5O. The molecule has 1 aliphatic rings. The lowest BCUT2D eigenvalue weighted by molar-refractivity contribution is -0.166. The number of hydroxylamine groups is 2. The summed E-state index contributed by atoms with van der Waals surface area (Å²) in [6.07, 6.45) is 0. The molecule has 7 heteroatoms. The minimum Gasteiger partial charge on any atom is -0.368 e. The monoisotopic (exact) mass is 361 g/mol. The van der Waals surface area contributed by atoms with Gasteiger partial charge in [0, 0.05) is 0 Å². The molecule has 0 atom stereocenters. The highest BCUT2D eigenvalue weighted by Crippen LogP contribution is 2.28. The second-order valence-corrected chi connectivity index (χ2v) is 6.52. The average Bonchev–Trinajstić information content (AvgIpc) is 2.48. The van der Waals surface area contributed by atoms with Crippen molar-refractivity contribution in [2.24, 2.45) is 21.5 Å². The van der Waals surface area contributed by atoms with Crippen molar-refractivity contribution >= 4 is 35.1 Å². The van der Waals surface area contributed by atoms with Crippen LogP contribution in [0.4, 0.5) is 0 Å². The first-order valence-electron chi connectivity index (χ1n) is 7.90. The van der Waals surface area contributed by atoms with Crippen molar-refractivity contribution in [3.8, 4) is 0 Å². The molecule has 4 N–H and O–H groups in total. The van der Waals surface area contributed by atoms with Gasteiger partial charge in [0.1, 0.15) is 6.61 Å². The summed E-state index contributed by atoms with van der Waals surface area (Å²) in [6.45, 7) is 8.35. The number of guanidine groups is 2. The normalized spacial score (nSPS) is 16.2. The largest absolute Gasteiger partial charge is 0.368 e. The van der Waals surface area contributed by atoms with Crippen LogP contribution >= 0.6 is 12.4 Å². The molecule has 6 nitrogen and oxygen atoms in total. The maximum Gasteiger partial charge on any atom is 0.226 e. The van der Waals surface area contributed by atoms with Gasteiger partial charge in [0.05, 0.1) is 0 Å². The van der Waals surface area contributed by atoms with E-state index in [9.17, 15) is 0 Å². The van der Waals surface area contributed by atoms with Gasteiger partial charge in [-0.25, -0.2) is 4.99 Å². The maximum absolute atomic E-state index is 6.00. The molecule has 25 heavy (non-hydrogen) atoms. The third-order valence-electron chi connectivity index (χ3n) is 4.36. The summed E-state index contributed by atoms with van der Waals surface area (Å²) in [4.78, 5) is 14.3. The Morgan fingerprint density at radius 2 is 1.84 bits per heavy atom. The van der Waals surface area contributed by atoms with E-state index in [2.05, 4.69) is 42.0 Å². The summed E-state index contributed by atoms with van der Waals surface area (Å²) in [5.41, 5.74) is 14.5. The van der Waals surface area contributed by atoms with Crippen molar-refractivity contribution in [1.82, 2.24) is 5.06 Å². The molecule has 2 aromatic rings. The maximum atomic E-state index is 6.00. The first kappa shape index (κ1) is 19.0. The fourth-order valence-electron chi connectivity index (χ4n) is 3.01. The smallest absolute Gasteiger partial charge is 0.226 e. The predicted octanol–water partition coefficient (Wildman–Crippen LogP) is 2.99. The lowest BCUT2D eigenvalue weighted by Gasteiger charge is -2.37. The summed E-state index contributed by atoms with van der Waals surface area (Å²) < 4.78 is 0. The van der Waals surface area contributed by atoms with Crippen molar-refractivity contribution in [3.05, 3.63) is 47.0 Å². The number of benzene rings is 2. The summed E-state index contributed by atoms with van der Waals surface area (Å²) >= 11 is 0. The second-order valence-electron chi connectivity index (χ2n) is 6.52. The molecule has 0 aliphatic carbocycles. The van der Waals surface area contributed by atoms with Crippen LogP contribution in [0.3, 0.4) is 0 Å².